The first-order chi connectivity index (χ1) is 13.4. The second-order valence-electron chi connectivity index (χ2n) is 5.62. The summed E-state index contributed by atoms with van der Waals surface area (Å²) in [7, 11) is 1.65. The van der Waals surface area contributed by atoms with Gasteiger partial charge in [0.2, 0.25) is 0 Å². The van der Waals surface area contributed by atoms with Crippen molar-refractivity contribution in [2.45, 2.75) is 25.1 Å². The van der Waals surface area contributed by atoms with Gasteiger partial charge in [-0.1, -0.05) is 36.0 Å². The van der Waals surface area contributed by atoms with E-state index in [0.29, 0.717) is 33.2 Å². The first-order valence-corrected chi connectivity index (χ1v) is 9.97. The minimum absolute atomic E-state index is 0.308. The Morgan fingerprint density at radius 2 is 2.00 bits per heavy atom. The molecule has 0 unspecified atom stereocenters. The summed E-state index contributed by atoms with van der Waals surface area (Å²) in [6.07, 6.45) is 8.32. The van der Waals surface area contributed by atoms with Crippen molar-refractivity contribution >= 4 is 11.8 Å². The molecule has 0 aliphatic rings. The van der Waals surface area contributed by atoms with Crippen LogP contribution in [0.3, 0.4) is 0 Å². The molecule has 0 bridgehead atoms. The number of allylic oxidation sites excluding steroid dienone is 1. The highest BCUT2D eigenvalue weighted by atomic mass is 32.2. The van der Waals surface area contributed by atoms with E-state index in [1.807, 2.05) is 37.5 Å². The molecular formula is C20H28N2O4S. The first-order valence-electron chi connectivity index (χ1n) is 8.98. The molecule has 2 aromatic rings. The lowest BCUT2D eigenvalue weighted by Crippen LogP contribution is -2.07. The van der Waals surface area contributed by atoms with Crippen LogP contribution in [-0.4, -0.2) is 49.0 Å². The predicted octanol–water partition coefficient (Wildman–Crippen LogP) is 4.04. The van der Waals surface area contributed by atoms with E-state index in [-0.39, 0.29) is 0 Å². The maximum Gasteiger partial charge on any atom is 0.172 e. The normalized spacial score (nSPS) is 11.3. The number of benzene rings is 1. The third-order valence-electron chi connectivity index (χ3n) is 3.59. The van der Waals surface area contributed by atoms with Crippen LogP contribution in [0.25, 0.3) is 5.69 Å². The van der Waals surface area contributed by atoms with Crippen molar-refractivity contribution in [3.8, 4) is 5.69 Å². The highest BCUT2D eigenvalue weighted by molar-refractivity contribution is 7.99. The fourth-order valence-corrected chi connectivity index (χ4v) is 3.20. The molecule has 7 heteroatoms. The van der Waals surface area contributed by atoms with E-state index in [4.69, 9.17) is 18.9 Å². The molecule has 0 atom stereocenters. The number of methoxy groups -OCH3 is 1. The van der Waals surface area contributed by atoms with E-state index >= 15 is 0 Å². The lowest BCUT2D eigenvalue weighted by Gasteiger charge is -2.12. The average molecular weight is 393 g/mol. The van der Waals surface area contributed by atoms with Crippen molar-refractivity contribution < 1.29 is 18.9 Å². The number of hydrogen-bond acceptors (Lipinski definition) is 6. The number of rotatable bonds is 14. The molecule has 0 saturated heterocycles. The number of aromatic nitrogens is 2. The first kappa shape index (κ1) is 21.5. The van der Waals surface area contributed by atoms with Crippen LogP contribution in [0.15, 0.2) is 54.2 Å². The van der Waals surface area contributed by atoms with E-state index in [0.717, 1.165) is 28.6 Å². The van der Waals surface area contributed by atoms with Gasteiger partial charge in [-0.05, 0) is 19.4 Å². The summed E-state index contributed by atoms with van der Waals surface area (Å²) in [6, 6.07) is 8.21. The Hall–Kier alpha value is -1.80. The fraction of sp³-hybridized carbons (Fsp3) is 0.450. The summed E-state index contributed by atoms with van der Waals surface area (Å²) < 4.78 is 23.3. The van der Waals surface area contributed by atoms with E-state index in [9.17, 15) is 0 Å². The molecule has 1 aromatic carbocycles. The van der Waals surface area contributed by atoms with E-state index in [1.165, 1.54) is 0 Å². The zero-order valence-electron chi connectivity index (χ0n) is 16.0. The zero-order chi connectivity index (χ0) is 19.2. The van der Waals surface area contributed by atoms with E-state index in [1.54, 1.807) is 25.1 Å². The summed E-state index contributed by atoms with van der Waals surface area (Å²) >= 11 is 1.71. The van der Waals surface area contributed by atoms with Gasteiger partial charge in [-0.3, -0.25) is 4.57 Å². The van der Waals surface area contributed by atoms with Gasteiger partial charge in [0.15, 0.2) is 5.16 Å². The van der Waals surface area contributed by atoms with Gasteiger partial charge in [-0.15, -0.1) is 0 Å². The summed E-state index contributed by atoms with van der Waals surface area (Å²) in [6.45, 7) is 4.57. The molecule has 0 radical (unpaired) electrons. The summed E-state index contributed by atoms with van der Waals surface area (Å²) in [5.74, 6) is 0.923. The summed E-state index contributed by atoms with van der Waals surface area (Å²) in [5, 5.41) is 0.963. The van der Waals surface area contributed by atoms with Crippen molar-refractivity contribution in [2.24, 2.45) is 0 Å². The largest absolute Gasteiger partial charge is 0.497 e. The van der Waals surface area contributed by atoms with Gasteiger partial charge in [0.05, 0.1) is 31.8 Å². The van der Waals surface area contributed by atoms with Crippen LogP contribution in [-0.2, 0) is 25.6 Å². The van der Waals surface area contributed by atoms with Gasteiger partial charge in [0.25, 0.3) is 0 Å². The van der Waals surface area contributed by atoms with Crippen LogP contribution >= 0.6 is 11.8 Å². The lowest BCUT2D eigenvalue weighted by atomic mass is 10.2. The minimum Gasteiger partial charge on any atom is -0.497 e. The van der Waals surface area contributed by atoms with Crippen molar-refractivity contribution in [2.75, 3.05) is 39.5 Å². The number of thioether (sulfide) groups is 1. The smallest absolute Gasteiger partial charge is 0.172 e. The molecule has 27 heavy (non-hydrogen) atoms. The van der Waals surface area contributed by atoms with Crippen LogP contribution in [0.1, 0.15) is 18.9 Å². The Morgan fingerprint density at radius 3 is 2.85 bits per heavy atom. The van der Waals surface area contributed by atoms with Crippen LogP contribution in [0, 0.1) is 0 Å². The number of nitrogens with zero attached hydrogens (tertiary/aromatic N) is 2. The second-order valence-corrected chi connectivity index (χ2v) is 6.68. The van der Waals surface area contributed by atoms with Crippen molar-refractivity contribution in [3.63, 3.8) is 0 Å². The van der Waals surface area contributed by atoms with Crippen molar-refractivity contribution in [3.05, 3.63) is 54.6 Å². The Bertz CT molecular complexity index is 676. The highest BCUT2D eigenvalue weighted by Gasteiger charge is 2.09. The van der Waals surface area contributed by atoms with Gasteiger partial charge in [0.1, 0.15) is 13.4 Å². The van der Waals surface area contributed by atoms with E-state index < -0.39 is 0 Å². The topological polar surface area (TPSA) is 54.7 Å². The van der Waals surface area contributed by atoms with Crippen LogP contribution in [0.5, 0.6) is 0 Å². The number of ether oxygens (including phenoxy) is 4. The second kappa shape index (κ2) is 13.4. The zero-order valence-corrected chi connectivity index (χ0v) is 16.8. The molecule has 0 aliphatic carbocycles. The standard InChI is InChI=1S/C20H28N2O4S/c1-3-11-24-16-18-7-4-5-8-19(18)22-10-9-21-20(22)27-15-6-12-25-17-26-14-13-23-2/h3-5,7-11H,6,12-17H2,1-2H3/b11-3+. The predicted molar refractivity (Wildman–Crippen MR) is 107 cm³/mol. The van der Waals surface area contributed by atoms with Crippen LogP contribution in [0.4, 0.5) is 0 Å². The molecule has 1 aromatic heterocycles. The van der Waals surface area contributed by atoms with Gasteiger partial charge in [0, 0.05) is 30.8 Å². The minimum atomic E-state index is 0.308. The number of imidazole rings is 1. The third-order valence-corrected chi connectivity index (χ3v) is 4.64. The molecule has 6 nitrogen and oxygen atoms in total. The number of hydrogen-bond donors (Lipinski definition) is 0. The van der Waals surface area contributed by atoms with Crippen molar-refractivity contribution in [1.29, 1.82) is 0 Å². The fourth-order valence-electron chi connectivity index (χ4n) is 2.33. The van der Waals surface area contributed by atoms with Gasteiger partial charge in [-0.25, -0.2) is 4.98 Å². The Labute approximate surface area is 165 Å². The molecule has 0 N–H and O–H groups in total. The monoisotopic (exact) mass is 392 g/mol. The molecular weight excluding hydrogens is 364 g/mol. The molecule has 0 saturated carbocycles. The Balaban J connectivity index is 1.80. The van der Waals surface area contributed by atoms with Gasteiger partial charge >= 0.3 is 0 Å². The van der Waals surface area contributed by atoms with Crippen LogP contribution < -0.4 is 0 Å². The Kier molecular flexibility index (Phi) is 10.7. The quantitative estimate of drug-likeness (QED) is 0.209. The Morgan fingerprint density at radius 1 is 1.15 bits per heavy atom. The maximum absolute atomic E-state index is 5.55. The molecule has 0 fully saturated rings. The van der Waals surface area contributed by atoms with Crippen LogP contribution in [0.2, 0.25) is 0 Å². The molecule has 0 spiro atoms. The van der Waals surface area contributed by atoms with Crippen molar-refractivity contribution in [1.82, 2.24) is 9.55 Å². The number of para-hydroxylation sites is 1. The van der Waals surface area contributed by atoms with E-state index in [2.05, 4.69) is 21.7 Å². The highest BCUT2D eigenvalue weighted by Crippen LogP contribution is 2.24. The third kappa shape index (κ3) is 7.76. The van der Waals surface area contributed by atoms with Gasteiger partial charge in [-0.2, -0.15) is 0 Å². The average Bonchev–Trinajstić information content (AvgIpc) is 3.15. The molecule has 0 aliphatic heterocycles. The molecule has 2 rings (SSSR count). The molecule has 0 amide bonds. The molecule has 1 heterocycles. The maximum atomic E-state index is 5.55. The lowest BCUT2D eigenvalue weighted by molar-refractivity contribution is -0.0651. The summed E-state index contributed by atoms with van der Waals surface area (Å²) in [5.41, 5.74) is 2.21. The van der Waals surface area contributed by atoms with Gasteiger partial charge < -0.3 is 18.9 Å². The molecule has 148 valence electrons. The SMILES string of the molecule is C/C=C/OCc1ccccc1-n1ccnc1SCCCOCOCCOC. The summed E-state index contributed by atoms with van der Waals surface area (Å²) in [4.78, 5) is 4.49.